The molecule has 0 spiro atoms. The molecule has 26 heavy (non-hydrogen) atoms. The predicted molar refractivity (Wildman–Crippen MR) is 99.8 cm³/mol. The van der Waals surface area contributed by atoms with Crippen LogP contribution >= 0.6 is 23.2 Å². The molecule has 0 aliphatic heterocycles. The van der Waals surface area contributed by atoms with Gasteiger partial charge in [-0.3, -0.25) is 4.79 Å². The highest BCUT2D eigenvalue weighted by atomic mass is 35.5. The first-order valence-electron chi connectivity index (χ1n) is 7.87. The quantitative estimate of drug-likeness (QED) is 0.665. The van der Waals surface area contributed by atoms with E-state index in [0.29, 0.717) is 39.1 Å². The number of halogens is 2. The van der Waals surface area contributed by atoms with Gasteiger partial charge in [0.15, 0.2) is 5.65 Å². The second kappa shape index (κ2) is 7.47. The second-order valence-corrected chi connectivity index (χ2v) is 6.78. The summed E-state index contributed by atoms with van der Waals surface area (Å²) in [5.74, 6) is 0.421. The summed E-state index contributed by atoms with van der Waals surface area (Å²) in [4.78, 5) is 18.4. The van der Waals surface area contributed by atoms with Gasteiger partial charge in [-0.1, -0.05) is 28.4 Å². The molecule has 1 amide bonds. The number of carbonyl (C=O) groups is 1. The van der Waals surface area contributed by atoms with Gasteiger partial charge in [-0.15, -0.1) is 5.10 Å². The highest BCUT2D eigenvalue weighted by Gasteiger charge is 2.17. The van der Waals surface area contributed by atoms with Crippen molar-refractivity contribution in [3.05, 3.63) is 46.1 Å². The van der Waals surface area contributed by atoms with Gasteiger partial charge in [0, 0.05) is 26.4 Å². The molecular formula is C17H17Cl2N5O2. The van der Waals surface area contributed by atoms with E-state index in [1.807, 2.05) is 6.92 Å². The van der Waals surface area contributed by atoms with Crippen molar-refractivity contribution in [3.63, 3.8) is 0 Å². The maximum atomic E-state index is 12.6. The van der Waals surface area contributed by atoms with Crippen LogP contribution in [0.25, 0.3) is 11.2 Å². The number of fused-ring (bicyclic) bond motifs is 1. The number of aromatic nitrogens is 4. The number of ether oxygens (including phenoxy) is 1. The number of nitrogens with zero attached hydrogens (tertiary/aromatic N) is 5. The molecule has 0 N–H and O–H groups in total. The maximum absolute atomic E-state index is 12.6. The first-order valence-corrected chi connectivity index (χ1v) is 8.63. The fourth-order valence-electron chi connectivity index (χ4n) is 2.55. The second-order valence-electron chi connectivity index (χ2n) is 5.97. The van der Waals surface area contributed by atoms with Gasteiger partial charge in [0.25, 0.3) is 5.91 Å². The monoisotopic (exact) mass is 393 g/mol. The van der Waals surface area contributed by atoms with Gasteiger partial charge >= 0.3 is 0 Å². The number of amides is 1. The SMILES string of the molecule is CC(CN(C)C(=O)c1cnc2c(c1)nnn2C)Oc1ccc(Cl)c(Cl)c1. The van der Waals surface area contributed by atoms with E-state index in [4.69, 9.17) is 27.9 Å². The summed E-state index contributed by atoms with van der Waals surface area (Å²) in [5, 5.41) is 8.76. The van der Waals surface area contributed by atoms with Crippen molar-refractivity contribution in [2.75, 3.05) is 13.6 Å². The van der Waals surface area contributed by atoms with Gasteiger partial charge in [0.2, 0.25) is 0 Å². The van der Waals surface area contributed by atoms with Crippen LogP contribution in [0.15, 0.2) is 30.5 Å². The fourth-order valence-corrected chi connectivity index (χ4v) is 2.84. The molecule has 0 bridgehead atoms. The molecule has 2 heterocycles. The van der Waals surface area contributed by atoms with Crippen LogP contribution in [-0.4, -0.2) is 50.5 Å². The molecule has 9 heteroatoms. The van der Waals surface area contributed by atoms with Crippen LogP contribution in [0.4, 0.5) is 0 Å². The highest BCUT2D eigenvalue weighted by molar-refractivity contribution is 6.42. The fraction of sp³-hybridized carbons (Fsp3) is 0.294. The first-order chi connectivity index (χ1) is 12.3. The largest absolute Gasteiger partial charge is 0.489 e. The Morgan fingerprint density at radius 1 is 1.31 bits per heavy atom. The van der Waals surface area contributed by atoms with Crippen LogP contribution in [0.3, 0.4) is 0 Å². The molecule has 0 radical (unpaired) electrons. The van der Waals surface area contributed by atoms with Crippen molar-refractivity contribution in [1.82, 2.24) is 24.9 Å². The van der Waals surface area contributed by atoms with Crippen molar-refractivity contribution in [1.29, 1.82) is 0 Å². The molecule has 0 saturated heterocycles. The van der Waals surface area contributed by atoms with E-state index < -0.39 is 0 Å². The van der Waals surface area contributed by atoms with Gasteiger partial charge in [-0.05, 0) is 25.1 Å². The third-order valence-electron chi connectivity index (χ3n) is 3.79. The van der Waals surface area contributed by atoms with Crippen LogP contribution in [-0.2, 0) is 7.05 Å². The zero-order valence-electron chi connectivity index (χ0n) is 14.5. The molecule has 136 valence electrons. The number of hydrogen-bond donors (Lipinski definition) is 0. The van der Waals surface area contributed by atoms with E-state index in [0.717, 1.165) is 0 Å². The zero-order chi connectivity index (χ0) is 18.8. The minimum Gasteiger partial charge on any atom is -0.489 e. The van der Waals surface area contributed by atoms with Crippen LogP contribution in [0.2, 0.25) is 10.0 Å². The van der Waals surface area contributed by atoms with Gasteiger partial charge in [-0.25, -0.2) is 9.67 Å². The Balaban J connectivity index is 1.66. The minimum absolute atomic E-state index is 0.172. The van der Waals surface area contributed by atoms with E-state index in [1.165, 1.54) is 6.20 Å². The predicted octanol–water partition coefficient (Wildman–Crippen LogP) is 3.21. The Kier molecular flexibility index (Phi) is 5.29. The Morgan fingerprint density at radius 3 is 2.81 bits per heavy atom. The van der Waals surface area contributed by atoms with Crippen molar-refractivity contribution in [3.8, 4) is 5.75 Å². The summed E-state index contributed by atoms with van der Waals surface area (Å²) in [6.45, 7) is 2.26. The van der Waals surface area contributed by atoms with Gasteiger partial charge in [0.05, 0.1) is 22.2 Å². The Hall–Kier alpha value is -2.38. The van der Waals surface area contributed by atoms with Gasteiger partial charge in [-0.2, -0.15) is 0 Å². The molecule has 1 atom stereocenters. The topological polar surface area (TPSA) is 73.1 Å². The molecule has 3 rings (SSSR count). The van der Waals surface area contributed by atoms with E-state index in [2.05, 4.69) is 15.3 Å². The summed E-state index contributed by atoms with van der Waals surface area (Å²) in [6, 6.07) is 6.73. The summed E-state index contributed by atoms with van der Waals surface area (Å²) >= 11 is 11.9. The van der Waals surface area contributed by atoms with Crippen LogP contribution in [0, 0.1) is 0 Å². The zero-order valence-corrected chi connectivity index (χ0v) is 16.0. The van der Waals surface area contributed by atoms with E-state index in [1.54, 1.807) is 47.9 Å². The van der Waals surface area contributed by atoms with Crippen molar-refractivity contribution in [2.24, 2.45) is 7.05 Å². The lowest BCUT2D eigenvalue weighted by Crippen LogP contribution is -2.35. The molecular weight excluding hydrogens is 377 g/mol. The number of aryl methyl sites for hydroxylation is 1. The van der Waals surface area contributed by atoms with Crippen LogP contribution in [0.5, 0.6) is 5.75 Å². The summed E-state index contributed by atoms with van der Waals surface area (Å²) in [5.41, 5.74) is 1.65. The molecule has 7 nitrogen and oxygen atoms in total. The Labute approximate surface area is 160 Å². The third-order valence-corrected chi connectivity index (χ3v) is 4.53. The molecule has 1 aromatic carbocycles. The normalized spacial score (nSPS) is 12.2. The van der Waals surface area contributed by atoms with Gasteiger partial charge < -0.3 is 9.64 Å². The van der Waals surface area contributed by atoms with E-state index >= 15 is 0 Å². The molecule has 2 aromatic heterocycles. The smallest absolute Gasteiger partial charge is 0.255 e. The number of benzene rings is 1. The number of rotatable bonds is 5. The summed E-state index contributed by atoms with van der Waals surface area (Å²) < 4.78 is 7.36. The molecule has 0 saturated carbocycles. The van der Waals surface area contributed by atoms with Crippen molar-refractivity contribution < 1.29 is 9.53 Å². The lowest BCUT2D eigenvalue weighted by Gasteiger charge is -2.22. The lowest BCUT2D eigenvalue weighted by atomic mass is 10.2. The summed E-state index contributed by atoms with van der Waals surface area (Å²) in [6.07, 6.45) is 1.28. The third kappa shape index (κ3) is 3.89. The number of likely N-dealkylation sites (N-methyl/N-ethyl adjacent to an activating group) is 1. The molecule has 0 fully saturated rings. The molecule has 1 unspecified atom stereocenters. The Morgan fingerprint density at radius 2 is 2.08 bits per heavy atom. The lowest BCUT2D eigenvalue weighted by molar-refractivity contribution is 0.0727. The average molecular weight is 394 g/mol. The standard InChI is InChI=1S/C17H17Cl2N5O2/c1-10(26-12-4-5-13(18)14(19)7-12)9-23(2)17(25)11-6-15-16(20-8-11)24(3)22-21-15/h4-8,10H,9H2,1-3H3. The van der Waals surface area contributed by atoms with Crippen molar-refractivity contribution in [2.45, 2.75) is 13.0 Å². The first kappa shape index (κ1) is 18.4. The van der Waals surface area contributed by atoms with Crippen LogP contribution in [0.1, 0.15) is 17.3 Å². The van der Waals surface area contributed by atoms with Crippen molar-refractivity contribution >= 4 is 40.3 Å². The molecule has 0 aliphatic carbocycles. The average Bonchev–Trinajstić information content (AvgIpc) is 2.98. The number of carbonyl (C=O) groups excluding carboxylic acids is 1. The minimum atomic E-state index is -0.241. The number of pyridine rings is 1. The summed E-state index contributed by atoms with van der Waals surface area (Å²) in [7, 11) is 3.45. The highest BCUT2D eigenvalue weighted by Crippen LogP contribution is 2.27. The number of hydrogen-bond acceptors (Lipinski definition) is 5. The van der Waals surface area contributed by atoms with E-state index in [-0.39, 0.29) is 12.0 Å². The van der Waals surface area contributed by atoms with Crippen LogP contribution < -0.4 is 4.74 Å². The van der Waals surface area contributed by atoms with Gasteiger partial charge in [0.1, 0.15) is 17.4 Å². The molecule has 0 aliphatic rings. The van der Waals surface area contributed by atoms with E-state index in [9.17, 15) is 4.79 Å². The molecule has 3 aromatic rings. The maximum Gasteiger partial charge on any atom is 0.255 e. The Bertz CT molecular complexity index is 959.